The average Bonchev–Trinajstić information content (AvgIpc) is 2.94. The second-order valence-electron chi connectivity index (χ2n) is 4.37. The predicted octanol–water partition coefficient (Wildman–Crippen LogP) is 0.530. The lowest BCUT2D eigenvalue weighted by molar-refractivity contribution is 0.275. The molecule has 7 nitrogen and oxygen atoms in total. The molecule has 2 rings (SSSR count). The van der Waals surface area contributed by atoms with Crippen molar-refractivity contribution in [3.8, 4) is 0 Å². The van der Waals surface area contributed by atoms with Crippen molar-refractivity contribution < 1.29 is 22.4 Å². The Hall–Kier alpha value is -1.84. The molecule has 0 unspecified atom stereocenters. The minimum Gasteiger partial charge on any atom is -0.392 e. The molecule has 1 heterocycles. The number of aliphatic hydroxyl groups is 1. The van der Waals surface area contributed by atoms with E-state index in [4.69, 9.17) is 5.11 Å². The van der Waals surface area contributed by atoms with Gasteiger partial charge in [0.2, 0.25) is 16.4 Å². The Morgan fingerprint density at radius 2 is 2.19 bits per heavy atom. The zero-order valence-electron chi connectivity index (χ0n) is 11.2. The van der Waals surface area contributed by atoms with E-state index in [-0.39, 0.29) is 29.0 Å². The third-order valence-corrected chi connectivity index (χ3v) is 4.27. The first-order chi connectivity index (χ1) is 9.94. The van der Waals surface area contributed by atoms with Gasteiger partial charge in [0.1, 0.15) is 5.82 Å². The van der Waals surface area contributed by atoms with Crippen LogP contribution in [0.25, 0.3) is 0 Å². The van der Waals surface area contributed by atoms with E-state index in [1.807, 2.05) is 0 Å². The van der Waals surface area contributed by atoms with E-state index < -0.39 is 22.4 Å². The SMILES string of the molecule is Cc1cc(S(=O)(=O)NCCc2ncon2)cc(CO)c1F. The molecule has 0 aliphatic heterocycles. The van der Waals surface area contributed by atoms with Gasteiger partial charge in [-0.05, 0) is 24.6 Å². The summed E-state index contributed by atoms with van der Waals surface area (Å²) in [6.45, 7) is 0.943. The Kier molecular flexibility index (Phi) is 4.66. The topological polar surface area (TPSA) is 105 Å². The second-order valence-corrected chi connectivity index (χ2v) is 6.13. The van der Waals surface area contributed by atoms with Gasteiger partial charge in [-0.3, -0.25) is 0 Å². The van der Waals surface area contributed by atoms with Gasteiger partial charge in [0, 0.05) is 18.5 Å². The van der Waals surface area contributed by atoms with Crippen molar-refractivity contribution >= 4 is 10.0 Å². The van der Waals surface area contributed by atoms with E-state index in [0.29, 0.717) is 5.82 Å². The highest BCUT2D eigenvalue weighted by Gasteiger charge is 2.18. The Balaban J connectivity index is 2.13. The number of rotatable bonds is 6. The molecular formula is C12H14FN3O4S. The van der Waals surface area contributed by atoms with Gasteiger partial charge >= 0.3 is 0 Å². The molecule has 0 saturated heterocycles. The molecule has 0 spiro atoms. The Bertz CT molecular complexity index is 716. The fourth-order valence-electron chi connectivity index (χ4n) is 1.76. The van der Waals surface area contributed by atoms with Crippen LogP contribution < -0.4 is 4.72 Å². The third kappa shape index (κ3) is 3.63. The van der Waals surface area contributed by atoms with Crippen LogP contribution in [0, 0.1) is 12.7 Å². The lowest BCUT2D eigenvalue weighted by Gasteiger charge is -2.09. The molecule has 0 fully saturated rings. The fraction of sp³-hybridized carbons (Fsp3) is 0.333. The van der Waals surface area contributed by atoms with Crippen LogP contribution in [-0.4, -0.2) is 30.2 Å². The summed E-state index contributed by atoms with van der Waals surface area (Å²) in [7, 11) is -3.80. The van der Waals surface area contributed by atoms with Gasteiger partial charge in [-0.15, -0.1) is 0 Å². The molecule has 2 N–H and O–H groups in total. The van der Waals surface area contributed by atoms with Crippen molar-refractivity contribution in [2.45, 2.75) is 24.8 Å². The number of halogens is 1. The van der Waals surface area contributed by atoms with Gasteiger partial charge in [0.05, 0.1) is 11.5 Å². The van der Waals surface area contributed by atoms with Crippen molar-refractivity contribution in [2.24, 2.45) is 0 Å². The number of nitrogens with zero attached hydrogens (tertiary/aromatic N) is 2. The van der Waals surface area contributed by atoms with Crippen LogP contribution in [0.15, 0.2) is 27.9 Å². The second kappa shape index (κ2) is 6.29. The Labute approximate surface area is 120 Å². The van der Waals surface area contributed by atoms with Crippen molar-refractivity contribution in [2.75, 3.05) is 6.54 Å². The average molecular weight is 315 g/mol. The Morgan fingerprint density at radius 1 is 1.43 bits per heavy atom. The molecule has 1 aromatic heterocycles. The number of aryl methyl sites for hydroxylation is 1. The number of hydrogen-bond acceptors (Lipinski definition) is 6. The van der Waals surface area contributed by atoms with Gasteiger partial charge in [-0.2, -0.15) is 4.98 Å². The lowest BCUT2D eigenvalue weighted by atomic mass is 10.1. The number of aromatic nitrogens is 2. The molecule has 1 aromatic carbocycles. The van der Waals surface area contributed by atoms with Gasteiger partial charge in [-0.25, -0.2) is 17.5 Å². The van der Waals surface area contributed by atoms with E-state index in [0.717, 1.165) is 12.5 Å². The van der Waals surface area contributed by atoms with Crippen LogP contribution in [0.1, 0.15) is 17.0 Å². The molecule has 0 saturated carbocycles. The molecule has 2 aromatic rings. The summed E-state index contributed by atoms with van der Waals surface area (Å²) in [6.07, 6.45) is 1.42. The van der Waals surface area contributed by atoms with E-state index >= 15 is 0 Å². The summed E-state index contributed by atoms with van der Waals surface area (Å²) < 4.78 is 44.7. The van der Waals surface area contributed by atoms with Gasteiger partial charge in [0.25, 0.3) is 0 Å². The van der Waals surface area contributed by atoms with Crippen molar-refractivity contribution in [3.05, 3.63) is 41.3 Å². The standard InChI is InChI=1S/C12H14FN3O4S/c1-8-4-10(5-9(6-17)12(8)13)21(18,19)15-3-2-11-14-7-20-16-11/h4-5,7,15,17H,2-3,6H2,1H3. The maximum atomic E-state index is 13.6. The molecule has 9 heteroatoms. The highest BCUT2D eigenvalue weighted by atomic mass is 32.2. The molecule has 0 bridgehead atoms. The highest BCUT2D eigenvalue weighted by Crippen LogP contribution is 2.19. The molecule has 0 radical (unpaired) electrons. The lowest BCUT2D eigenvalue weighted by Crippen LogP contribution is -2.26. The minimum atomic E-state index is -3.80. The quantitative estimate of drug-likeness (QED) is 0.805. The van der Waals surface area contributed by atoms with E-state index in [1.165, 1.54) is 13.0 Å². The van der Waals surface area contributed by atoms with Crippen molar-refractivity contribution in [3.63, 3.8) is 0 Å². The summed E-state index contributed by atoms with van der Waals surface area (Å²) in [5, 5.41) is 12.6. The summed E-state index contributed by atoms with van der Waals surface area (Å²) >= 11 is 0. The van der Waals surface area contributed by atoms with Crippen molar-refractivity contribution in [1.82, 2.24) is 14.9 Å². The van der Waals surface area contributed by atoms with Gasteiger partial charge in [0.15, 0.2) is 5.82 Å². The normalized spacial score (nSPS) is 11.8. The number of benzene rings is 1. The summed E-state index contributed by atoms with van der Waals surface area (Å²) in [6, 6.07) is 2.32. The molecule has 0 amide bonds. The number of aliphatic hydroxyl groups excluding tert-OH is 1. The maximum absolute atomic E-state index is 13.6. The van der Waals surface area contributed by atoms with Crippen LogP contribution >= 0.6 is 0 Å². The van der Waals surface area contributed by atoms with Crippen LogP contribution in [-0.2, 0) is 23.1 Å². The van der Waals surface area contributed by atoms with E-state index in [9.17, 15) is 12.8 Å². The number of nitrogens with one attached hydrogen (secondary N) is 1. The summed E-state index contributed by atoms with van der Waals surface area (Å²) in [4.78, 5) is 3.67. The van der Waals surface area contributed by atoms with Crippen LogP contribution in [0.2, 0.25) is 0 Å². The van der Waals surface area contributed by atoms with E-state index in [1.54, 1.807) is 0 Å². The Morgan fingerprint density at radius 3 is 2.81 bits per heavy atom. The first-order valence-electron chi connectivity index (χ1n) is 6.09. The molecule has 21 heavy (non-hydrogen) atoms. The third-order valence-electron chi connectivity index (χ3n) is 2.83. The zero-order chi connectivity index (χ0) is 15.5. The van der Waals surface area contributed by atoms with Crippen molar-refractivity contribution in [1.29, 1.82) is 0 Å². The zero-order valence-corrected chi connectivity index (χ0v) is 12.0. The van der Waals surface area contributed by atoms with Crippen LogP contribution in [0.3, 0.4) is 0 Å². The monoisotopic (exact) mass is 315 g/mol. The summed E-state index contributed by atoms with van der Waals surface area (Å²) in [5.41, 5.74) is 0.0913. The summed E-state index contributed by atoms with van der Waals surface area (Å²) in [5.74, 6) is -0.229. The molecular weight excluding hydrogens is 301 g/mol. The van der Waals surface area contributed by atoms with Crippen LogP contribution in [0.5, 0.6) is 0 Å². The first kappa shape index (κ1) is 15.5. The predicted molar refractivity (Wildman–Crippen MR) is 70.3 cm³/mol. The molecule has 0 atom stereocenters. The molecule has 114 valence electrons. The maximum Gasteiger partial charge on any atom is 0.240 e. The largest absolute Gasteiger partial charge is 0.392 e. The van der Waals surface area contributed by atoms with Gasteiger partial charge in [-0.1, -0.05) is 5.16 Å². The highest BCUT2D eigenvalue weighted by molar-refractivity contribution is 7.89. The first-order valence-corrected chi connectivity index (χ1v) is 7.57. The van der Waals surface area contributed by atoms with E-state index in [2.05, 4.69) is 19.4 Å². The van der Waals surface area contributed by atoms with Crippen LogP contribution in [0.4, 0.5) is 4.39 Å². The fourth-order valence-corrected chi connectivity index (χ4v) is 2.93. The number of sulfonamides is 1. The molecule has 0 aliphatic carbocycles. The smallest absolute Gasteiger partial charge is 0.240 e. The van der Waals surface area contributed by atoms with Gasteiger partial charge < -0.3 is 9.63 Å². The molecule has 0 aliphatic rings. The minimum absolute atomic E-state index is 0.0615. The number of hydrogen-bond donors (Lipinski definition) is 2.